The number of aliphatic carboxylic acids is 1. The minimum atomic E-state index is -10.1. The van der Waals surface area contributed by atoms with Crippen LogP contribution in [0.3, 0.4) is 0 Å². The van der Waals surface area contributed by atoms with Crippen molar-refractivity contribution < 1.29 is 47.2 Å². The molecule has 1 aliphatic heterocycles. The lowest BCUT2D eigenvalue weighted by Crippen LogP contribution is -2.49. The minimum Gasteiger partial charge on any atom is -0.481 e. The van der Waals surface area contributed by atoms with Crippen LogP contribution in [0.4, 0.5) is 32.6 Å². The Morgan fingerprint density at radius 3 is 2.12 bits per heavy atom. The van der Waals surface area contributed by atoms with E-state index in [0.717, 1.165) is 6.92 Å². The first-order chi connectivity index (χ1) is 11.4. The third kappa shape index (κ3) is 3.69. The quantitative estimate of drug-likeness (QED) is 0.614. The van der Waals surface area contributed by atoms with E-state index in [1.54, 1.807) is 0 Å². The van der Waals surface area contributed by atoms with E-state index in [1.807, 2.05) is 0 Å². The summed E-state index contributed by atoms with van der Waals surface area (Å²) in [5, 5.41) is 9.08. The Morgan fingerprint density at radius 1 is 1.19 bits per heavy atom. The molecule has 3 nitrogen and oxygen atoms in total. The van der Waals surface area contributed by atoms with E-state index in [-0.39, 0.29) is 18.6 Å². The number of halogens is 8. The van der Waals surface area contributed by atoms with Crippen molar-refractivity contribution in [2.45, 2.75) is 43.4 Å². The molecule has 0 saturated heterocycles. The van der Waals surface area contributed by atoms with Crippen LogP contribution in [0.5, 0.6) is 5.75 Å². The van der Waals surface area contributed by atoms with Crippen LogP contribution < -0.4 is 4.74 Å². The van der Waals surface area contributed by atoms with Gasteiger partial charge in [-0.05, 0) is 29.7 Å². The van der Waals surface area contributed by atoms with Crippen molar-refractivity contribution in [2.24, 2.45) is 5.92 Å². The highest BCUT2D eigenvalue weighted by Gasteiger charge is 2.66. The van der Waals surface area contributed by atoms with Crippen LogP contribution >= 0.6 is 10.2 Å². The largest absolute Gasteiger partial charge is 0.481 e. The Bertz CT molecular complexity index is 756. The van der Waals surface area contributed by atoms with Crippen molar-refractivity contribution >= 4 is 16.2 Å². The smallest absolute Gasteiger partial charge is 0.426 e. The number of hydrogen-bond acceptors (Lipinski definition) is 2. The van der Waals surface area contributed by atoms with Gasteiger partial charge in [0.15, 0.2) is 0 Å². The zero-order valence-corrected chi connectivity index (χ0v) is 14.1. The van der Waals surface area contributed by atoms with Gasteiger partial charge in [-0.1, -0.05) is 33.3 Å². The summed E-state index contributed by atoms with van der Waals surface area (Å²) in [5.74, 6) is -6.50. The Labute approximate surface area is 142 Å². The number of benzene rings is 1. The Balaban J connectivity index is 2.78. The molecule has 26 heavy (non-hydrogen) atoms. The molecule has 1 aromatic rings. The van der Waals surface area contributed by atoms with Crippen molar-refractivity contribution in [3.8, 4) is 5.75 Å². The summed E-state index contributed by atoms with van der Waals surface area (Å²) in [6.07, 6.45) is -8.24. The molecule has 0 aliphatic carbocycles. The Morgan fingerprint density at radius 2 is 1.73 bits per heavy atom. The van der Waals surface area contributed by atoms with E-state index >= 15 is 0 Å². The minimum absolute atomic E-state index is 0.0107. The van der Waals surface area contributed by atoms with Crippen molar-refractivity contribution in [2.75, 3.05) is 0 Å². The van der Waals surface area contributed by atoms with Crippen molar-refractivity contribution in [3.05, 3.63) is 23.3 Å². The van der Waals surface area contributed by atoms with Gasteiger partial charge >= 0.3 is 22.4 Å². The molecular weight excluding hydrogens is 400 g/mol. The molecule has 0 spiro atoms. The SMILES string of the molecule is CCc1cc(S(F)(F)(F)(F)F)cc2c1OC(C(F)(F)F)C(C(=O)O)C2C. The molecule has 0 radical (unpaired) electrons. The number of hydrogen-bond donors (Lipinski definition) is 1. The second-order valence-electron chi connectivity index (χ2n) is 6.06. The van der Waals surface area contributed by atoms with Crippen LogP contribution in [0.2, 0.25) is 0 Å². The summed E-state index contributed by atoms with van der Waals surface area (Å²) >= 11 is 0. The molecule has 1 N–H and O–H groups in total. The van der Waals surface area contributed by atoms with Crippen LogP contribution in [-0.4, -0.2) is 23.4 Å². The molecular formula is C14H14F8O3S. The van der Waals surface area contributed by atoms with Gasteiger partial charge in [0.25, 0.3) is 0 Å². The van der Waals surface area contributed by atoms with Gasteiger partial charge in [0.05, 0.1) is 0 Å². The van der Waals surface area contributed by atoms with E-state index in [1.165, 1.54) is 6.92 Å². The lowest BCUT2D eigenvalue weighted by molar-refractivity contribution is -0.220. The first-order valence-electron chi connectivity index (χ1n) is 7.24. The number of fused-ring (bicyclic) bond motifs is 1. The van der Waals surface area contributed by atoms with Gasteiger partial charge in [-0.2, -0.15) is 13.2 Å². The standard InChI is InChI=1S/C14H14F8O3S/c1-3-7-4-8(26(18,19,20,21)22)5-9-6(2)10(13(23)24)12(14(15,16)17)25-11(7)9/h4-6,10,12H,3H2,1-2H3,(H,23,24). The zero-order valence-electron chi connectivity index (χ0n) is 13.3. The number of carboxylic acid groups (broad SMARTS) is 1. The monoisotopic (exact) mass is 414 g/mol. The summed E-state index contributed by atoms with van der Waals surface area (Å²) < 4.78 is 110. The predicted molar refractivity (Wildman–Crippen MR) is 77.2 cm³/mol. The fourth-order valence-electron chi connectivity index (χ4n) is 2.92. The molecule has 1 aromatic carbocycles. The molecule has 0 aromatic heterocycles. The molecule has 2 rings (SSSR count). The number of carbonyl (C=O) groups is 1. The second-order valence-corrected chi connectivity index (χ2v) is 8.47. The molecule has 0 fully saturated rings. The highest BCUT2D eigenvalue weighted by molar-refractivity contribution is 8.45. The average molecular weight is 414 g/mol. The van der Waals surface area contributed by atoms with E-state index in [4.69, 9.17) is 9.84 Å². The van der Waals surface area contributed by atoms with E-state index in [0.29, 0.717) is 0 Å². The third-order valence-corrected chi connectivity index (χ3v) is 5.33. The van der Waals surface area contributed by atoms with Gasteiger partial charge in [-0.3, -0.25) is 4.79 Å². The summed E-state index contributed by atoms with van der Waals surface area (Å²) in [5.41, 5.74) is -1.14. The summed E-state index contributed by atoms with van der Waals surface area (Å²) in [4.78, 5) is 8.96. The van der Waals surface area contributed by atoms with Gasteiger partial charge in [-0.25, -0.2) is 0 Å². The van der Waals surface area contributed by atoms with Crippen molar-refractivity contribution in [3.63, 3.8) is 0 Å². The van der Waals surface area contributed by atoms with Gasteiger partial charge in [0.1, 0.15) is 16.6 Å². The molecule has 150 valence electrons. The summed E-state index contributed by atoms with van der Waals surface area (Å²) in [6.45, 7) is 2.19. The topological polar surface area (TPSA) is 46.5 Å². The Kier molecular flexibility index (Phi) is 4.09. The number of rotatable bonds is 3. The summed E-state index contributed by atoms with van der Waals surface area (Å²) in [6, 6.07) is 0.0465. The molecule has 0 saturated carbocycles. The fraction of sp³-hybridized carbons (Fsp3) is 0.500. The van der Waals surface area contributed by atoms with E-state index in [2.05, 4.69) is 0 Å². The normalized spacial score (nSPS) is 26.3. The van der Waals surface area contributed by atoms with Crippen LogP contribution in [0, 0.1) is 5.92 Å². The maximum Gasteiger partial charge on any atom is 0.426 e. The first kappa shape index (κ1) is 20.6. The predicted octanol–water partition coefficient (Wildman–Crippen LogP) is 6.03. The maximum atomic E-state index is 13.2. The lowest BCUT2D eigenvalue weighted by atomic mass is 9.80. The molecule has 3 unspecified atom stereocenters. The Hall–Kier alpha value is -1.72. The molecule has 1 heterocycles. The number of aryl methyl sites for hydroxylation is 1. The van der Waals surface area contributed by atoms with E-state index in [9.17, 15) is 37.4 Å². The van der Waals surface area contributed by atoms with E-state index < -0.39 is 62.1 Å². The van der Waals surface area contributed by atoms with Crippen molar-refractivity contribution in [1.29, 1.82) is 0 Å². The van der Waals surface area contributed by atoms with Gasteiger partial charge < -0.3 is 9.84 Å². The molecule has 0 bridgehead atoms. The van der Waals surface area contributed by atoms with Crippen LogP contribution in [0.15, 0.2) is 17.0 Å². The van der Waals surface area contributed by atoms with Gasteiger partial charge in [-0.15, -0.1) is 0 Å². The molecule has 1 aliphatic rings. The maximum absolute atomic E-state index is 13.2. The highest BCUT2D eigenvalue weighted by atomic mass is 32.5. The lowest BCUT2D eigenvalue weighted by Gasteiger charge is -2.43. The molecule has 0 amide bonds. The first-order valence-corrected chi connectivity index (χ1v) is 9.19. The molecule has 3 atom stereocenters. The van der Waals surface area contributed by atoms with Crippen LogP contribution in [0.1, 0.15) is 30.9 Å². The second kappa shape index (κ2) is 5.17. The fourth-order valence-corrected chi connectivity index (χ4v) is 3.63. The summed E-state index contributed by atoms with van der Waals surface area (Å²) in [7, 11) is -10.1. The highest BCUT2D eigenvalue weighted by Crippen LogP contribution is 3.02. The van der Waals surface area contributed by atoms with Gasteiger partial charge in [0.2, 0.25) is 6.10 Å². The van der Waals surface area contributed by atoms with Crippen LogP contribution in [-0.2, 0) is 11.2 Å². The van der Waals surface area contributed by atoms with Crippen LogP contribution in [0.25, 0.3) is 0 Å². The zero-order chi connectivity index (χ0) is 20.4. The molecule has 12 heteroatoms. The third-order valence-electron chi connectivity index (χ3n) is 4.20. The average Bonchev–Trinajstić information content (AvgIpc) is 2.42. The number of alkyl halides is 3. The number of ether oxygens (including phenoxy) is 1. The number of carboxylic acids is 1. The van der Waals surface area contributed by atoms with Gasteiger partial charge in [0, 0.05) is 5.92 Å². The van der Waals surface area contributed by atoms with Crippen molar-refractivity contribution in [1.82, 2.24) is 0 Å².